The van der Waals surface area contributed by atoms with Crippen LogP contribution >= 0.6 is 0 Å². The number of fused-ring (bicyclic) bond motifs is 1. The highest BCUT2D eigenvalue weighted by Crippen LogP contribution is 2.34. The summed E-state index contributed by atoms with van der Waals surface area (Å²) in [6.45, 7) is 0.134. The van der Waals surface area contributed by atoms with Crippen molar-refractivity contribution in [3.63, 3.8) is 0 Å². The lowest BCUT2D eigenvalue weighted by Gasteiger charge is -2.15. The molecule has 0 amide bonds. The Morgan fingerprint density at radius 1 is 1.02 bits per heavy atom. The van der Waals surface area contributed by atoms with Crippen LogP contribution in [0, 0.1) is 17.1 Å². The van der Waals surface area contributed by atoms with Crippen LogP contribution in [0.5, 0.6) is 11.6 Å². The lowest BCUT2D eigenvalue weighted by Crippen LogP contribution is -2.28. The van der Waals surface area contributed by atoms with E-state index in [1.807, 2.05) is 6.07 Å². The Morgan fingerprint density at radius 2 is 1.79 bits per heavy atom. The number of ether oxygens (including phenoxy) is 2. The molecule has 0 atom stereocenters. The number of aromatic carboxylic acids is 1. The van der Waals surface area contributed by atoms with Gasteiger partial charge in [-0.2, -0.15) is 26.9 Å². The Kier molecular flexibility index (Phi) is 9.64. The maximum atomic E-state index is 14.3. The van der Waals surface area contributed by atoms with Gasteiger partial charge in [-0.25, -0.2) is 19.2 Å². The Bertz CT molecular complexity index is 2160. The van der Waals surface area contributed by atoms with Crippen molar-refractivity contribution in [2.75, 3.05) is 13.7 Å². The molecule has 0 radical (unpaired) electrons. The molecule has 5 rings (SSSR count). The largest absolute Gasteiger partial charge is 0.534 e. The summed E-state index contributed by atoms with van der Waals surface area (Å²) in [4.78, 5) is 20.4. The molecule has 3 aromatic carbocycles. The Morgan fingerprint density at radius 3 is 2.48 bits per heavy atom. The molecule has 11 nitrogen and oxygen atoms in total. The van der Waals surface area contributed by atoms with E-state index in [1.54, 1.807) is 4.57 Å². The molecular weight excluding hydrogens is 660 g/mol. The van der Waals surface area contributed by atoms with Crippen molar-refractivity contribution >= 4 is 27.1 Å². The number of imidazole rings is 1. The van der Waals surface area contributed by atoms with Gasteiger partial charge in [-0.05, 0) is 42.5 Å². The first-order valence-corrected chi connectivity index (χ1v) is 15.3. The Balaban J connectivity index is 1.51. The molecule has 0 aliphatic heterocycles. The first-order chi connectivity index (χ1) is 22.8. The number of halogens is 4. The minimum Gasteiger partial charge on any atom is -0.478 e. The molecule has 16 heteroatoms. The summed E-state index contributed by atoms with van der Waals surface area (Å²) in [5.74, 6) is -2.18. The quantitative estimate of drug-likeness (QED) is 0.0962. The van der Waals surface area contributed by atoms with Crippen LogP contribution in [0.15, 0.2) is 72.8 Å². The van der Waals surface area contributed by atoms with Crippen molar-refractivity contribution in [3.05, 3.63) is 107 Å². The molecular formula is C32H24F4N4O7S. The van der Waals surface area contributed by atoms with Gasteiger partial charge < -0.3 is 23.3 Å². The molecule has 0 unspecified atom stereocenters. The van der Waals surface area contributed by atoms with E-state index < -0.39 is 33.2 Å². The summed E-state index contributed by atoms with van der Waals surface area (Å²) in [6, 6.07) is 18.3. The van der Waals surface area contributed by atoms with E-state index in [1.165, 1.54) is 67.8 Å². The van der Waals surface area contributed by atoms with Gasteiger partial charge in [0.2, 0.25) is 5.88 Å². The van der Waals surface area contributed by atoms with Gasteiger partial charge in [0.05, 0.1) is 40.5 Å². The van der Waals surface area contributed by atoms with Crippen LogP contribution in [0.25, 0.3) is 22.3 Å². The van der Waals surface area contributed by atoms with E-state index in [4.69, 9.17) is 14.7 Å². The number of benzene rings is 3. The van der Waals surface area contributed by atoms with E-state index in [2.05, 4.69) is 14.2 Å². The maximum Gasteiger partial charge on any atom is 0.534 e. The van der Waals surface area contributed by atoms with Crippen LogP contribution in [0.2, 0.25) is 0 Å². The normalized spacial score (nSPS) is 11.8. The first-order valence-electron chi connectivity index (χ1n) is 13.9. The molecule has 0 spiro atoms. The molecule has 2 aromatic heterocycles. The minimum atomic E-state index is -6.10. The fraction of sp³-hybridized carbons (Fsp3) is 0.188. The maximum absolute atomic E-state index is 14.3. The van der Waals surface area contributed by atoms with Crippen LogP contribution < -0.4 is 8.92 Å². The number of methoxy groups -OCH3 is 1. The van der Waals surface area contributed by atoms with E-state index in [9.17, 15) is 35.9 Å². The van der Waals surface area contributed by atoms with Gasteiger partial charge in [0.25, 0.3) is 0 Å². The molecule has 1 N–H and O–H groups in total. The topological polar surface area (TPSA) is 154 Å². The zero-order valence-corrected chi connectivity index (χ0v) is 25.7. The standard InChI is InChI=1S/C32H24F4N4O7S/c1-45-12-11-40-27-14-22(31(41)42)9-10-26(27)38-29(40)16-21-8-7-20(15-28(21)47-48(43,44)32(34,35)36)25-3-2-4-30(39-25)46-18-23-6-5-19(17-37)13-24(23)33/h2-10,13-15H,11-12,16,18H2,1H3,(H,41,42). The average molecular weight is 685 g/mol. The third-order valence-corrected chi connectivity index (χ3v) is 8.03. The summed E-state index contributed by atoms with van der Waals surface area (Å²) < 4.78 is 95.9. The molecule has 0 aliphatic carbocycles. The number of nitrogens with zero attached hydrogens (tertiary/aromatic N) is 4. The third kappa shape index (κ3) is 7.37. The molecule has 2 heterocycles. The van der Waals surface area contributed by atoms with Crippen LogP contribution in [-0.2, 0) is 34.4 Å². The number of pyridine rings is 1. The predicted molar refractivity (Wildman–Crippen MR) is 162 cm³/mol. The second-order valence-electron chi connectivity index (χ2n) is 10.2. The number of carbonyl (C=O) groups is 1. The lowest BCUT2D eigenvalue weighted by molar-refractivity contribution is -0.0500. The highest BCUT2D eigenvalue weighted by Gasteiger charge is 2.48. The molecule has 248 valence electrons. The van der Waals surface area contributed by atoms with Crippen molar-refractivity contribution in [2.24, 2.45) is 0 Å². The smallest absolute Gasteiger partial charge is 0.478 e. The fourth-order valence-corrected chi connectivity index (χ4v) is 5.17. The van der Waals surface area contributed by atoms with Gasteiger partial charge in [0, 0.05) is 42.8 Å². The van der Waals surface area contributed by atoms with Crippen LogP contribution in [0.3, 0.4) is 0 Å². The van der Waals surface area contributed by atoms with Crippen molar-refractivity contribution in [1.29, 1.82) is 5.26 Å². The van der Waals surface area contributed by atoms with E-state index >= 15 is 0 Å². The lowest BCUT2D eigenvalue weighted by atomic mass is 10.0. The van der Waals surface area contributed by atoms with Crippen molar-refractivity contribution < 1.29 is 49.5 Å². The number of rotatable bonds is 12. The summed E-state index contributed by atoms with van der Waals surface area (Å²) in [5, 5.41) is 18.4. The second kappa shape index (κ2) is 13.7. The number of carboxylic acids is 1. The zero-order valence-electron chi connectivity index (χ0n) is 24.9. The molecule has 0 bridgehead atoms. The predicted octanol–water partition coefficient (Wildman–Crippen LogP) is 5.85. The fourth-order valence-electron chi connectivity index (χ4n) is 4.69. The van der Waals surface area contributed by atoms with Gasteiger partial charge in [0.15, 0.2) is 0 Å². The van der Waals surface area contributed by atoms with Gasteiger partial charge >= 0.3 is 21.6 Å². The first kappa shape index (κ1) is 33.8. The zero-order chi connectivity index (χ0) is 34.6. The number of hydrogen-bond donors (Lipinski definition) is 1. The average Bonchev–Trinajstić information content (AvgIpc) is 3.39. The van der Waals surface area contributed by atoms with Gasteiger partial charge in [-0.1, -0.05) is 24.3 Å². The number of nitriles is 1. The Labute approximate surface area is 270 Å². The van der Waals surface area contributed by atoms with E-state index in [0.29, 0.717) is 11.0 Å². The van der Waals surface area contributed by atoms with Crippen molar-refractivity contribution in [3.8, 4) is 29.0 Å². The summed E-state index contributed by atoms with van der Waals surface area (Å²) in [7, 11) is -4.65. The van der Waals surface area contributed by atoms with Gasteiger partial charge in [-0.3, -0.25) is 0 Å². The third-order valence-electron chi connectivity index (χ3n) is 7.07. The highest BCUT2D eigenvalue weighted by molar-refractivity contribution is 7.88. The van der Waals surface area contributed by atoms with E-state index in [0.717, 1.165) is 12.1 Å². The number of alkyl halides is 3. The summed E-state index contributed by atoms with van der Waals surface area (Å²) >= 11 is 0. The SMILES string of the molecule is COCCn1c(Cc2ccc(-c3cccc(OCc4ccc(C#N)cc4F)n3)cc2OS(=O)(=O)C(F)(F)F)nc2ccc(C(=O)O)cc21. The summed E-state index contributed by atoms with van der Waals surface area (Å²) in [6.07, 6.45) is -0.212. The van der Waals surface area contributed by atoms with Gasteiger partial charge in [-0.15, -0.1) is 0 Å². The molecule has 48 heavy (non-hydrogen) atoms. The van der Waals surface area contributed by atoms with Crippen molar-refractivity contribution in [1.82, 2.24) is 14.5 Å². The molecule has 0 fully saturated rings. The van der Waals surface area contributed by atoms with E-state index in [-0.39, 0.29) is 71.4 Å². The van der Waals surface area contributed by atoms with Crippen LogP contribution in [0.1, 0.15) is 32.9 Å². The summed E-state index contributed by atoms with van der Waals surface area (Å²) in [5.41, 5.74) is -4.30. The monoisotopic (exact) mass is 684 g/mol. The number of carboxylic acid groups (broad SMARTS) is 1. The van der Waals surface area contributed by atoms with Crippen molar-refractivity contribution in [2.45, 2.75) is 25.1 Å². The van der Waals surface area contributed by atoms with Crippen LogP contribution in [-0.4, -0.2) is 53.3 Å². The minimum absolute atomic E-state index is 0.0157. The molecule has 0 aliphatic rings. The number of aromatic nitrogens is 3. The highest BCUT2D eigenvalue weighted by atomic mass is 32.2. The van der Waals surface area contributed by atoms with Crippen LogP contribution in [0.4, 0.5) is 17.6 Å². The second-order valence-corrected chi connectivity index (χ2v) is 11.8. The molecule has 0 saturated heterocycles. The Hall–Kier alpha value is -5.53. The molecule has 5 aromatic rings. The molecule has 0 saturated carbocycles. The number of hydrogen-bond acceptors (Lipinski definition) is 9. The van der Waals surface area contributed by atoms with Gasteiger partial charge in [0.1, 0.15) is 24.0 Å².